The van der Waals surface area contributed by atoms with E-state index >= 15 is 0 Å². The van der Waals surface area contributed by atoms with Gasteiger partial charge in [-0.15, -0.1) is 0 Å². The number of anilines is 3. The normalized spacial score (nSPS) is 11.7. The molecule has 9 rings (SSSR count). The molecule has 0 aliphatic heterocycles. The van der Waals surface area contributed by atoms with Crippen LogP contribution in [0.4, 0.5) is 17.1 Å². The Balaban J connectivity index is 1.43. The Morgan fingerprint density at radius 1 is 0.419 bits per heavy atom. The second-order valence-electron chi connectivity index (χ2n) is 10.9. The smallest absolute Gasteiger partial charge is 0.160 e. The Hall–Kier alpha value is -5.80. The Morgan fingerprint density at radius 2 is 1.05 bits per heavy atom. The summed E-state index contributed by atoms with van der Waals surface area (Å²) in [5.41, 5.74) is 8.82. The zero-order valence-electron chi connectivity index (χ0n) is 23.2. The largest absolute Gasteiger partial charge is 0.456 e. The molecule has 0 radical (unpaired) electrons. The van der Waals surface area contributed by atoms with Crippen molar-refractivity contribution in [3.05, 3.63) is 152 Å². The molecule has 9 aromatic rings. The minimum absolute atomic E-state index is 0.834. The van der Waals surface area contributed by atoms with Gasteiger partial charge < -0.3 is 13.7 Å². The molecular formula is C40H25NO2. The van der Waals surface area contributed by atoms with Crippen molar-refractivity contribution >= 4 is 71.7 Å². The summed E-state index contributed by atoms with van der Waals surface area (Å²) in [7, 11) is 0. The fourth-order valence-corrected chi connectivity index (χ4v) is 6.48. The molecule has 0 aliphatic rings. The van der Waals surface area contributed by atoms with Crippen molar-refractivity contribution in [2.45, 2.75) is 0 Å². The highest BCUT2D eigenvalue weighted by atomic mass is 16.3. The first-order valence-electron chi connectivity index (χ1n) is 14.5. The lowest BCUT2D eigenvalue weighted by molar-refractivity contribution is 0.664. The molecule has 2 aromatic heterocycles. The maximum absolute atomic E-state index is 6.76. The van der Waals surface area contributed by atoms with E-state index in [0.29, 0.717) is 0 Å². The van der Waals surface area contributed by atoms with Crippen molar-refractivity contribution in [3.63, 3.8) is 0 Å². The van der Waals surface area contributed by atoms with Crippen molar-refractivity contribution in [3.8, 4) is 11.1 Å². The summed E-state index contributed by atoms with van der Waals surface area (Å²) in [4.78, 5) is 2.35. The molecule has 3 nitrogen and oxygen atoms in total. The van der Waals surface area contributed by atoms with Crippen LogP contribution in [0.25, 0.3) is 65.8 Å². The van der Waals surface area contributed by atoms with E-state index in [1.807, 2.05) is 24.3 Å². The molecule has 0 saturated heterocycles. The van der Waals surface area contributed by atoms with E-state index < -0.39 is 0 Å². The van der Waals surface area contributed by atoms with Gasteiger partial charge in [-0.3, -0.25) is 0 Å². The lowest BCUT2D eigenvalue weighted by Gasteiger charge is -2.28. The number of fused-ring (bicyclic) bond motifs is 7. The molecule has 0 bridgehead atoms. The molecule has 202 valence electrons. The number of furan rings is 2. The zero-order chi connectivity index (χ0) is 28.3. The van der Waals surface area contributed by atoms with Crippen LogP contribution in [0.15, 0.2) is 160 Å². The first-order valence-corrected chi connectivity index (χ1v) is 14.5. The third-order valence-corrected chi connectivity index (χ3v) is 8.45. The number of nitrogens with zero attached hydrogens (tertiary/aromatic N) is 1. The summed E-state index contributed by atoms with van der Waals surface area (Å²) in [6.07, 6.45) is 0. The van der Waals surface area contributed by atoms with Crippen LogP contribution in [0.1, 0.15) is 0 Å². The second kappa shape index (κ2) is 9.37. The fraction of sp³-hybridized carbons (Fsp3) is 0. The second-order valence-corrected chi connectivity index (χ2v) is 10.9. The van der Waals surface area contributed by atoms with E-state index in [1.54, 1.807) is 0 Å². The minimum Gasteiger partial charge on any atom is -0.456 e. The summed E-state index contributed by atoms with van der Waals surface area (Å²) in [5.74, 6) is 0. The lowest BCUT2D eigenvalue weighted by atomic mass is 10.0. The van der Waals surface area contributed by atoms with Gasteiger partial charge in [0, 0.05) is 27.2 Å². The summed E-state index contributed by atoms with van der Waals surface area (Å²) >= 11 is 0. The number of hydrogen-bond donors (Lipinski definition) is 0. The topological polar surface area (TPSA) is 29.5 Å². The number of hydrogen-bond acceptors (Lipinski definition) is 3. The molecule has 0 amide bonds. The standard InChI is InChI=1S/C40H25NO2/c1-2-11-26(12-3-1)27-21-23-29(24-22-27)41(34-18-10-14-28-13-4-5-15-30(28)34)39-38-32-17-7-9-20-36(32)42-37(38)25-33-31-16-6-8-19-35(31)43-40(33)39/h1-25H. The maximum Gasteiger partial charge on any atom is 0.160 e. The molecule has 0 aliphatic carbocycles. The van der Waals surface area contributed by atoms with Gasteiger partial charge in [0.2, 0.25) is 0 Å². The number of para-hydroxylation sites is 2. The molecule has 43 heavy (non-hydrogen) atoms. The van der Waals surface area contributed by atoms with Crippen LogP contribution >= 0.6 is 0 Å². The maximum atomic E-state index is 6.76. The summed E-state index contributed by atoms with van der Waals surface area (Å²) < 4.78 is 13.3. The highest BCUT2D eigenvalue weighted by Gasteiger charge is 2.26. The van der Waals surface area contributed by atoms with Gasteiger partial charge in [0.25, 0.3) is 0 Å². The Morgan fingerprint density at radius 3 is 1.86 bits per heavy atom. The van der Waals surface area contributed by atoms with E-state index in [-0.39, 0.29) is 0 Å². The molecule has 0 atom stereocenters. The molecule has 0 fully saturated rings. The van der Waals surface area contributed by atoms with Gasteiger partial charge in [0.1, 0.15) is 22.4 Å². The fourth-order valence-electron chi connectivity index (χ4n) is 6.48. The predicted molar refractivity (Wildman–Crippen MR) is 179 cm³/mol. The molecule has 0 N–H and O–H groups in total. The van der Waals surface area contributed by atoms with Crippen LogP contribution in [-0.2, 0) is 0 Å². The first-order chi connectivity index (χ1) is 21.3. The molecule has 0 unspecified atom stereocenters. The van der Waals surface area contributed by atoms with Gasteiger partial charge in [0.05, 0.1) is 11.1 Å². The van der Waals surface area contributed by atoms with Crippen molar-refractivity contribution < 1.29 is 8.83 Å². The summed E-state index contributed by atoms with van der Waals surface area (Å²) in [6.45, 7) is 0. The van der Waals surface area contributed by atoms with Gasteiger partial charge in [-0.25, -0.2) is 0 Å². The van der Waals surface area contributed by atoms with Crippen molar-refractivity contribution in [2.75, 3.05) is 4.90 Å². The van der Waals surface area contributed by atoms with Crippen LogP contribution in [0, 0.1) is 0 Å². The third-order valence-electron chi connectivity index (χ3n) is 8.45. The molecule has 2 heterocycles. The van der Waals surface area contributed by atoms with E-state index in [2.05, 4.69) is 132 Å². The SMILES string of the molecule is c1ccc(-c2ccc(N(c3cccc4ccccc34)c3c4oc5ccccc5c4cc4oc5ccccc5c34)cc2)cc1. The van der Waals surface area contributed by atoms with Crippen LogP contribution in [0.2, 0.25) is 0 Å². The van der Waals surface area contributed by atoms with Gasteiger partial charge in [-0.05, 0) is 52.9 Å². The Kier molecular flexibility index (Phi) is 5.20. The average molecular weight is 552 g/mol. The summed E-state index contributed by atoms with van der Waals surface area (Å²) in [5, 5.41) is 6.52. The third kappa shape index (κ3) is 3.68. The van der Waals surface area contributed by atoms with Crippen LogP contribution in [0.3, 0.4) is 0 Å². The van der Waals surface area contributed by atoms with Crippen LogP contribution in [0.5, 0.6) is 0 Å². The molecule has 0 saturated carbocycles. The van der Waals surface area contributed by atoms with E-state index in [9.17, 15) is 0 Å². The Labute approximate surface area is 247 Å². The molecule has 3 heteroatoms. The minimum atomic E-state index is 0.834. The quantitative estimate of drug-likeness (QED) is 0.218. The number of rotatable bonds is 4. The molecule has 0 spiro atoms. The average Bonchev–Trinajstić information content (AvgIpc) is 3.63. The van der Waals surface area contributed by atoms with Gasteiger partial charge in [-0.2, -0.15) is 0 Å². The highest BCUT2D eigenvalue weighted by molar-refractivity contribution is 6.25. The van der Waals surface area contributed by atoms with Crippen LogP contribution in [-0.4, -0.2) is 0 Å². The van der Waals surface area contributed by atoms with Crippen LogP contribution < -0.4 is 4.90 Å². The van der Waals surface area contributed by atoms with E-state index in [1.165, 1.54) is 16.5 Å². The van der Waals surface area contributed by atoms with Crippen molar-refractivity contribution in [1.82, 2.24) is 0 Å². The number of benzene rings is 7. The van der Waals surface area contributed by atoms with Gasteiger partial charge >= 0.3 is 0 Å². The zero-order valence-corrected chi connectivity index (χ0v) is 23.2. The first kappa shape index (κ1) is 23.9. The van der Waals surface area contributed by atoms with Gasteiger partial charge in [-0.1, -0.05) is 115 Å². The van der Waals surface area contributed by atoms with Crippen molar-refractivity contribution in [1.29, 1.82) is 0 Å². The van der Waals surface area contributed by atoms with E-state index in [4.69, 9.17) is 8.83 Å². The van der Waals surface area contributed by atoms with Crippen molar-refractivity contribution in [2.24, 2.45) is 0 Å². The molecular weight excluding hydrogens is 526 g/mol. The lowest BCUT2D eigenvalue weighted by Crippen LogP contribution is -2.11. The molecule has 7 aromatic carbocycles. The Bertz CT molecular complexity index is 2440. The predicted octanol–water partition coefficient (Wildman–Crippen LogP) is 11.8. The highest BCUT2D eigenvalue weighted by Crippen LogP contribution is 2.50. The monoisotopic (exact) mass is 551 g/mol. The summed E-state index contributed by atoms with van der Waals surface area (Å²) in [6, 6.07) is 53.0. The van der Waals surface area contributed by atoms with E-state index in [0.717, 1.165) is 66.3 Å². The van der Waals surface area contributed by atoms with Gasteiger partial charge in [0.15, 0.2) is 5.58 Å².